The van der Waals surface area contributed by atoms with E-state index in [1.165, 1.54) is 12.1 Å². The van der Waals surface area contributed by atoms with E-state index in [1.54, 1.807) is 22.7 Å². The Kier molecular flexibility index (Phi) is 2.90. The average Bonchev–Trinajstić information content (AvgIpc) is 2.76. The molecule has 0 aliphatic carbocycles. The average molecular weight is 333 g/mol. The number of nitrogens with zero attached hydrogens (tertiary/aromatic N) is 3. The van der Waals surface area contributed by atoms with E-state index in [1.807, 2.05) is 12.1 Å². The number of nitrogen functional groups attached to an aromatic ring is 1. The van der Waals surface area contributed by atoms with E-state index in [0.717, 1.165) is 4.47 Å². The van der Waals surface area contributed by atoms with Crippen LogP contribution in [-0.2, 0) is 0 Å². The van der Waals surface area contributed by atoms with Crippen LogP contribution < -0.4 is 5.73 Å². The molecule has 20 heavy (non-hydrogen) atoms. The standard InChI is InChI=1S/C13H9BrN4O2/c14-9-4-5-11-16-12(13(15)17(11)7-9)8-2-1-3-10(6-8)18(19)20/h1-7H,15H2. The number of nitrogens with two attached hydrogens (primary N) is 1. The molecule has 2 heterocycles. The Morgan fingerprint density at radius 1 is 1.30 bits per heavy atom. The van der Waals surface area contributed by atoms with E-state index >= 15 is 0 Å². The van der Waals surface area contributed by atoms with Crippen LogP contribution in [0, 0.1) is 10.1 Å². The molecule has 2 N–H and O–H groups in total. The fourth-order valence-corrected chi connectivity index (χ4v) is 2.35. The van der Waals surface area contributed by atoms with Crippen molar-refractivity contribution in [2.24, 2.45) is 0 Å². The van der Waals surface area contributed by atoms with Crippen LogP contribution in [0.2, 0.25) is 0 Å². The van der Waals surface area contributed by atoms with Crippen LogP contribution in [0.1, 0.15) is 0 Å². The topological polar surface area (TPSA) is 86.5 Å². The lowest BCUT2D eigenvalue weighted by molar-refractivity contribution is -0.384. The first-order chi connectivity index (χ1) is 9.56. The molecule has 0 bridgehead atoms. The number of halogens is 1. The van der Waals surface area contributed by atoms with E-state index < -0.39 is 4.92 Å². The summed E-state index contributed by atoms with van der Waals surface area (Å²) in [5.74, 6) is 0.446. The number of hydrogen-bond donors (Lipinski definition) is 1. The molecule has 0 unspecified atom stereocenters. The maximum Gasteiger partial charge on any atom is 0.270 e. The highest BCUT2D eigenvalue weighted by atomic mass is 79.9. The van der Waals surface area contributed by atoms with Gasteiger partial charge in [-0.05, 0) is 28.1 Å². The molecule has 0 aliphatic heterocycles. The molecular formula is C13H9BrN4O2. The molecule has 7 heteroatoms. The van der Waals surface area contributed by atoms with Crippen molar-refractivity contribution >= 4 is 33.1 Å². The normalized spacial score (nSPS) is 10.8. The molecule has 0 amide bonds. The monoisotopic (exact) mass is 332 g/mol. The Morgan fingerprint density at radius 3 is 2.85 bits per heavy atom. The molecule has 6 nitrogen and oxygen atoms in total. The second-order valence-electron chi connectivity index (χ2n) is 4.23. The van der Waals surface area contributed by atoms with E-state index in [9.17, 15) is 10.1 Å². The van der Waals surface area contributed by atoms with Crippen molar-refractivity contribution < 1.29 is 4.92 Å². The van der Waals surface area contributed by atoms with Crippen LogP contribution in [0.4, 0.5) is 11.5 Å². The molecule has 1 aromatic carbocycles. The van der Waals surface area contributed by atoms with Gasteiger partial charge in [0, 0.05) is 28.4 Å². The van der Waals surface area contributed by atoms with E-state index in [2.05, 4.69) is 20.9 Å². The molecule has 100 valence electrons. The summed E-state index contributed by atoms with van der Waals surface area (Å²) in [7, 11) is 0. The molecule has 0 saturated heterocycles. The Balaban J connectivity index is 2.22. The third kappa shape index (κ3) is 2.01. The maximum atomic E-state index is 10.8. The zero-order valence-corrected chi connectivity index (χ0v) is 11.7. The predicted octanol–water partition coefficient (Wildman–Crippen LogP) is 3.25. The first-order valence-corrected chi connectivity index (χ1v) is 6.53. The highest BCUT2D eigenvalue weighted by Gasteiger charge is 2.14. The molecule has 3 rings (SSSR count). The number of nitro benzene ring substituents is 1. The van der Waals surface area contributed by atoms with Gasteiger partial charge < -0.3 is 5.73 Å². The fourth-order valence-electron chi connectivity index (χ4n) is 2.02. The van der Waals surface area contributed by atoms with Gasteiger partial charge in [0.2, 0.25) is 0 Å². The highest BCUT2D eigenvalue weighted by Crippen LogP contribution is 2.29. The predicted molar refractivity (Wildman–Crippen MR) is 79.4 cm³/mol. The van der Waals surface area contributed by atoms with Crippen molar-refractivity contribution in [3.63, 3.8) is 0 Å². The Labute approximate surface area is 122 Å². The van der Waals surface area contributed by atoms with Gasteiger partial charge in [0.1, 0.15) is 17.2 Å². The third-order valence-electron chi connectivity index (χ3n) is 2.95. The smallest absolute Gasteiger partial charge is 0.270 e. The van der Waals surface area contributed by atoms with Crippen LogP contribution in [-0.4, -0.2) is 14.3 Å². The first kappa shape index (κ1) is 12.6. The van der Waals surface area contributed by atoms with Crippen LogP contribution in [0.25, 0.3) is 16.9 Å². The molecule has 0 fully saturated rings. The molecular weight excluding hydrogens is 324 g/mol. The van der Waals surface area contributed by atoms with Crippen molar-refractivity contribution in [1.29, 1.82) is 0 Å². The summed E-state index contributed by atoms with van der Waals surface area (Å²) in [4.78, 5) is 14.8. The minimum atomic E-state index is -0.438. The van der Waals surface area contributed by atoms with Gasteiger partial charge in [-0.3, -0.25) is 14.5 Å². The lowest BCUT2D eigenvalue weighted by atomic mass is 10.1. The highest BCUT2D eigenvalue weighted by molar-refractivity contribution is 9.10. The molecule has 0 aliphatic rings. The molecule has 0 spiro atoms. The van der Waals surface area contributed by atoms with Crippen molar-refractivity contribution in [3.05, 3.63) is 57.2 Å². The number of nitro groups is 1. The molecule has 3 aromatic rings. The largest absolute Gasteiger partial charge is 0.383 e. The minimum Gasteiger partial charge on any atom is -0.383 e. The van der Waals surface area contributed by atoms with Crippen LogP contribution in [0.15, 0.2) is 47.1 Å². The summed E-state index contributed by atoms with van der Waals surface area (Å²) in [5.41, 5.74) is 7.93. The van der Waals surface area contributed by atoms with Crippen LogP contribution in [0.3, 0.4) is 0 Å². The second kappa shape index (κ2) is 4.61. The zero-order valence-electron chi connectivity index (χ0n) is 10.2. The lowest BCUT2D eigenvalue weighted by Crippen LogP contribution is -1.94. The number of anilines is 1. The third-order valence-corrected chi connectivity index (χ3v) is 3.42. The first-order valence-electron chi connectivity index (χ1n) is 5.74. The molecule has 0 radical (unpaired) electrons. The number of fused-ring (bicyclic) bond motifs is 1. The van der Waals surface area contributed by atoms with Gasteiger partial charge in [-0.25, -0.2) is 4.98 Å². The maximum absolute atomic E-state index is 10.8. The SMILES string of the molecule is Nc1c(-c2cccc([N+](=O)[O-])c2)nc2ccc(Br)cn12. The lowest BCUT2D eigenvalue weighted by Gasteiger charge is -2.00. The number of benzene rings is 1. The number of aromatic nitrogens is 2. The quantitative estimate of drug-likeness (QED) is 0.576. The summed E-state index contributed by atoms with van der Waals surface area (Å²) >= 11 is 3.37. The zero-order chi connectivity index (χ0) is 14.3. The summed E-state index contributed by atoms with van der Waals surface area (Å²) in [5, 5.41) is 10.8. The van der Waals surface area contributed by atoms with Gasteiger partial charge in [-0.1, -0.05) is 12.1 Å². The van der Waals surface area contributed by atoms with Crippen LogP contribution >= 0.6 is 15.9 Å². The minimum absolute atomic E-state index is 0.0140. The van der Waals surface area contributed by atoms with Crippen molar-refractivity contribution in [2.75, 3.05) is 5.73 Å². The van der Waals surface area contributed by atoms with Gasteiger partial charge in [-0.2, -0.15) is 0 Å². The van der Waals surface area contributed by atoms with E-state index in [4.69, 9.17) is 5.73 Å². The summed E-state index contributed by atoms with van der Waals surface area (Å²) in [6.07, 6.45) is 1.80. The number of pyridine rings is 1. The van der Waals surface area contributed by atoms with Crippen molar-refractivity contribution in [1.82, 2.24) is 9.38 Å². The van der Waals surface area contributed by atoms with Gasteiger partial charge in [0.25, 0.3) is 5.69 Å². The summed E-state index contributed by atoms with van der Waals surface area (Å²) in [6, 6.07) is 9.95. The number of non-ortho nitro benzene ring substituents is 1. The van der Waals surface area contributed by atoms with Crippen molar-refractivity contribution in [2.45, 2.75) is 0 Å². The van der Waals surface area contributed by atoms with Crippen molar-refractivity contribution in [3.8, 4) is 11.3 Å². The number of rotatable bonds is 2. The summed E-state index contributed by atoms with van der Waals surface area (Å²) < 4.78 is 2.61. The summed E-state index contributed by atoms with van der Waals surface area (Å²) in [6.45, 7) is 0. The second-order valence-corrected chi connectivity index (χ2v) is 5.14. The van der Waals surface area contributed by atoms with Gasteiger partial charge in [0.15, 0.2) is 0 Å². The Bertz CT molecular complexity index is 828. The molecule has 0 atom stereocenters. The van der Waals surface area contributed by atoms with E-state index in [0.29, 0.717) is 22.7 Å². The molecule has 0 saturated carbocycles. The Hall–Kier alpha value is -2.41. The van der Waals surface area contributed by atoms with Gasteiger partial charge in [-0.15, -0.1) is 0 Å². The fraction of sp³-hybridized carbons (Fsp3) is 0. The van der Waals surface area contributed by atoms with Gasteiger partial charge in [0.05, 0.1) is 4.92 Å². The Morgan fingerprint density at radius 2 is 2.10 bits per heavy atom. The number of imidazole rings is 1. The number of hydrogen-bond acceptors (Lipinski definition) is 4. The van der Waals surface area contributed by atoms with Gasteiger partial charge >= 0.3 is 0 Å². The molecule has 2 aromatic heterocycles. The van der Waals surface area contributed by atoms with Crippen LogP contribution in [0.5, 0.6) is 0 Å². The van der Waals surface area contributed by atoms with E-state index in [-0.39, 0.29) is 5.69 Å².